The summed E-state index contributed by atoms with van der Waals surface area (Å²) >= 11 is 5.88. The van der Waals surface area contributed by atoms with Gasteiger partial charge in [0.2, 0.25) is 5.89 Å². The molecular formula is C19H28ClN5O2. The highest BCUT2D eigenvalue weighted by Gasteiger charge is 2.09. The number of nitrogens with zero attached hydrogens (tertiary/aromatic N) is 3. The lowest BCUT2D eigenvalue weighted by molar-refractivity contribution is 0.224. The first kappa shape index (κ1) is 21.0. The molecule has 0 aliphatic carbocycles. The number of rotatable bonds is 9. The zero-order valence-electron chi connectivity index (χ0n) is 16.3. The molecule has 0 amide bonds. The number of guanidine groups is 1. The molecule has 0 aliphatic rings. The van der Waals surface area contributed by atoms with Crippen LogP contribution in [-0.2, 0) is 6.42 Å². The van der Waals surface area contributed by atoms with Crippen molar-refractivity contribution >= 4 is 17.6 Å². The lowest BCUT2D eigenvalue weighted by Crippen LogP contribution is -2.42. The van der Waals surface area contributed by atoms with Crippen LogP contribution in [0.25, 0.3) is 0 Å². The van der Waals surface area contributed by atoms with Crippen molar-refractivity contribution in [3.63, 3.8) is 0 Å². The third kappa shape index (κ3) is 7.46. The van der Waals surface area contributed by atoms with E-state index in [-0.39, 0.29) is 12.0 Å². The zero-order chi connectivity index (χ0) is 19.6. The van der Waals surface area contributed by atoms with E-state index < -0.39 is 0 Å². The van der Waals surface area contributed by atoms with Crippen LogP contribution < -0.4 is 15.4 Å². The van der Waals surface area contributed by atoms with Crippen LogP contribution in [-0.4, -0.2) is 42.3 Å². The fraction of sp³-hybridized carbons (Fsp3) is 0.526. The Morgan fingerprint density at radius 2 is 1.96 bits per heavy atom. The van der Waals surface area contributed by atoms with Crippen LogP contribution in [0.1, 0.15) is 44.8 Å². The quantitative estimate of drug-likeness (QED) is 0.386. The molecular weight excluding hydrogens is 366 g/mol. The minimum atomic E-state index is -0.0161. The zero-order valence-corrected chi connectivity index (χ0v) is 17.1. The van der Waals surface area contributed by atoms with Gasteiger partial charge in [0, 0.05) is 31.0 Å². The van der Waals surface area contributed by atoms with Crippen LogP contribution >= 0.6 is 11.6 Å². The monoisotopic (exact) mass is 393 g/mol. The lowest BCUT2D eigenvalue weighted by Gasteiger charge is -2.17. The van der Waals surface area contributed by atoms with E-state index in [0.717, 1.165) is 36.9 Å². The van der Waals surface area contributed by atoms with E-state index in [0.29, 0.717) is 17.5 Å². The molecule has 2 N–H and O–H groups in total. The summed E-state index contributed by atoms with van der Waals surface area (Å²) in [6, 6.07) is 7.33. The van der Waals surface area contributed by atoms with Crippen molar-refractivity contribution in [2.24, 2.45) is 4.99 Å². The molecule has 1 unspecified atom stereocenters. The van der Waals surface area contributed by atoms with Crippen molar-refractivity contribution in [1.29, 1.82) is 0 Å². The number of aliphatic imine (C=N–C) groups is 1. The molecule has 0 bridgehead atoms. The number of nitrogens with one attached hydrogen (secondary N) is 2. The normalized spacial score (nSPS) is 12.9. The first-order chi connectivity index (χ1) is 13.0. The van der Waals surface area contributed by atoms with E-state index in [2.05, 4.69) is 25.8 Å². The van der Waals surface area contributed by atoms with Crippen molar-refractivity contribution in [3.05, 3.63) is 41.0 Å². The number of hydrogen-bond acceptors (Lipinski definition) is 5. The van der Waals surface area contributed by atoms with Gasteiger partial charge in [-0.1, -0.05) is 30.6 Å². The number of hydrogen-bond donors (Lipinski definition) is 2. The molecule has 1 aromatic carbocycles. The smallest absolute Gasteiger partial charge is 0.226 e. The van der Waals surface area contributed by atoms with Crippen LogP contribution in [0, 0.1) is 0 Å². The average molecular weight is 394 g/mol. The van der Waals surface area contributed by atoms with Gasteiger partial charge in [-0.25, -0.2) is 0 Å². The minimum absolute atomic E-state index is 0.0161. The first-order valence-electron chi connectivity index (χ1n) is 9.17. The summed E-state index contributed by atoms with van der Waals surface area (Å²) in [6.07, 6.45) is 1.59. The van der Waals surface area contributed by atoms with Crippen LogP contribution in [0.3, 0.4) is 0 Å². The predicted octanol–water partition coefficient (Wildman–Crippen LogP) is 3.41. The fourth-order valence-corrected chi connectivity index (χ4v) is 2.42. The fourth-order valence-electron chi connectivity index (χ4n) is 2.30. The molecule has 1 heterocycles. The standard InChI is InChI=1S/C19H28ClN5O2/c1-13(2)18-24-17(27-25-18)6-5-11-22-19(21-4)23-12-14(3)26-16-9-7-15(20)8-10-16/h7-10,13-14H,5-6,11-12H2,1-4H3,(H2,21,22,23). The molecule has 0 saturated heterocycles. The Labute approximate surface area is 165 Å². The van der Waals surface area contributed by atoms with Crippen molar-refractivity contribution in [2.75, 3.05) is 20.1 Å². The van der Waals surface area contributed by atoms with E-state index >= 15 is 0 Å². The highest BCUT2D eigenvalue weighted by atomic mass is 35.5. The predicted molar refractivity (Wildman–Crippen MR) is 108 cm³/mol. The third-order valence-electron chi connectivity index (χ3n) is 3.79. The molecule has 0 aliphatic heterocycles. The second-order valence-corrected chi connectivity index (χ2v) is 7.00. The first-order valence-corrected chi connectivity index (χ1v) is 9.55. The third-order valence-corrected chi connectivity index (χ3v) is 4.04. The summed E-state index contributed by atoms with van der Waals surface area (Å²) in [7, 11) is 1.74. The Bertz CT molecular complexity index is 715. The molecule has 1 aromatic heterocycles. The van der Waals surface area contributed by atoms with Gasteiger partial charge in [-0.3, -0.25) is 4.99 Å². The second kappa shape index (κ2) is 10.8. The lowest BCUT2D eigenvalue weighted by atomic mass is 10.2. The van der Waals surface area contributed by atoms with E-state index in [1.165, 1.54) is 0 Å². The largest absolute Gasteiger partial charge is 0.489 e. The van der Waals surface area contributed by atoms with Crippen molar-refractivity contribution in [2.45, 2.75) is 45.6 Å². The average Bonchev–Trinajstić information content (AvgIpc) is 3.12. The number of aryl methyl sites for hydroxylation is 1. The Morgan fingerprint density at radius 3 is 2.59 bits per heavy atom. The molecule has 2 rings (SSSR count). The Balaban J connectivity index is 1.65. The highest BCUT2D eigenvalue weighted by molar-refractivity contribution is 6.30. The van der Waals surface area contributed by atoms with E-state index in [9.17, 15) is 0 Å². The van der Waals surface area contributed by atoms with Gasteiger partial charge in [0.05, 0.1) is 6.54 Å². The van der Waals surface area contributed by atoms with Crippen molar-refractivity contribution < 1.29 is 9.26 Å². The van der Waals surface area contributed by atoms with Gasteiger partial charge in [-0.15, -0.1) is 0 Å². The molecule has 0 fully saturated rings. The number of benzene rings is 1. The van der Waals surface area contributed by atoms with Gasteiger partial charge in [0.15, 0.2) is 11.8 Å². The minimum Gasteiger partial charge on any atom is -0.489 e. The van der Waals surface area contributed by atoms with E-state index in [4.69, 9.17) is 20.9 Å². The van der Waals surface area contributed by atoms with E-state index in [1.807, 2.05) is 45.0 Å². The SMILES string of the molecule is CN=C(NCCCc1nc(C(C)C)no1)NCC(C)Oc1ccc(Cl)cc1. The highest BCUT2D eigenvalue weighted by Crippen LogP contribution is 2.16. The molecule has 0 radical (unpaired) electrons. The second-order valence-electron chi connectivity index (χ2n) is 6.57. The van der Waals surface area contributed by atoms with Gasteiger partial charge in [0.25, 0.3) is 0 Å². The van der Waals surface area contributed by atoms with Crippen LogP contribution in [0.2, 0.25) is 5.02 Å². The van der Waals surface area contributed by atoms with Crippen molar-refractivity contribution in [3.8, 4) is 5.75 Å². The Morgan fingerprint density at radius 1 is 1.22 bits per heavy atom. The summed E-state index contributed by atoms with van der Waals surface area (Å²) in [6.45, 7) is 7.47. The molecule has 2 aromatic rings. The molecule has 27 heavy (non-hydrogen) atoms. The summed E-state index contributed by atoms with van der Waals surface area (Å²) in [4.78, 5) is 8.60. The van der Waals surface area contributed by atoms with Gasteiger partial charge in [-0.2, -0.15) is 4.98 Å². The van der Waals surface area contributed by atoms with Gasteiger partial charge in [0.1, 0.15) is 11.9 Å². The summed E-state index contributed by atoms with van der Waals surface area (Å²) in [5.74, 6) is 3.23. The molecule has 0 spiro atoms. The number of aromatic nitrogens is 2. The maximum absolute atomic E-state index is 5.88. The van der Waals surface area contributed by atoms with Gasteiger partial charge in [-0.05, 0) is 37.6 Å². The molecule has 0 saturated carbocycles. The number of ether oxygens (including phenoxy) is 1. The van der Waals surface area contributed by atoms with Crippen LogP contribution in [0.4, 0.5) is 0 Å². The molecule has 1 atom stereocenters. The summed E-state index contributed by atoms with van der Waals surface area (Å²) in [5, 5.41) is 11.2. The number of halogens is 1. The Kier molecular flexibility index (Phi) is 8.39. The van der Waals surface area contributed by atoms with Crippen LogP contribution in [0.5, 0.6) is 5.75 Å². The topological polar surface area (TPSA) is 84.6 Å². The molecule has 148 valence electrons. The van der Waals surface area contributed by atoms with E-state index in [1.54, 1.807) is 7.05 Å². The summed E-state index contributed by atoms with van der Waals surface area (Å²) < 4.78 is 11.1. The van der Waals surface area contributed by atoms with Crippen molar-refractivity contribution in [1.82, 2.24) is 20.8 Å². The molecule has 7 nitrogen and oxygen atoms in total. The maximum atomic E-state index is 5.88. The van der Waals surface area contributed by atoms with Gasteiger partial charge >= 0.3 is 0 Å². The van der Waals surface area contributed by atoms with Gasteiger partial charge < -0.3 is 19.9 Å². The van der Waals surface area contributed by atoms with Crippen LogP contribution in [0.15, 0.2) is 33.8 Å². The maximum Gasteiger partial charge on any atom is 0.226 e. The molecule has 8 heteroatoms. The summed E-state index contributed by atoms with van der Waals surface area (Å²) in [5.41, 5.74) is 0. The Hall–Kier alpha value is -2.28.